The lowest BCUT2D eigenvalue weighted by atomic mass is 10.0. The molecule has 1 N–H and O–H groups in total. The van der Waals surface area contributed by atoms with Crippen LogP contribution in [0.2, 0.25) is 5.15 Å². The SMILES string of the molecule is Cc1nc(Cl)cc(NCCc2nc3c(s2)CCCC3)n1. The molecular formula is C14H17ClN4S. The van der Waals surface area contributed by atoms with Gasteiger partial charge in [0.05, 0.1) is 10.7 Å². The Kier molecular flexibility index (Phi) is 4.17. The second-order valence-electron chi connectivity index (χ2n) is 4.98. The number of thiazole rings is 1. The number of nitrogens with zero attached hydrogens (tertiary/aromatic N) is 3. The first-order valence-corrected chi connectivity index (χ1v) is 8.12. The lowest BCUT2D eigenvalue weighted by Gasteiger charge is -2.06. The molecule has 0 unspecified atom stereocenters. The summed E-state index contributed by atoms with van der Waals surface area (Å²) in [7, 11) is 0. The Labute approximate surface area is 127 Å². The summed E-state index contributed by atoms with van der Waals surface area (Å²) < 4.78 is 0. The lowest BCUT2D eigenvalue weighted by molar-refractivity contribution is 0.680. The van der Waals surface area contributed by atoms with Gasteiger partial charge < -0.3 is 5.32 Å². The zero-order valence-corrected chi connectivity index (χ0v) is 13.0. The van der Waals surface area contributed by atoms with Crippen LogP contribution in [-0.2, 0) is 19.3 Å². The van der Waals surface area contributed by atoms with Gasteiger partial charge in [-0.1, -0.05) is 11.6 Å². The maximum absolute atomic E-state index is 5.91. The maximum Gasteiger partial charge on any atom is 0.134 e. The van der Waals surface area contributed by atoms with Crippen molar-refractivity contribution in [3.05, 3.63) is 32.6 Å². The van der Waals surface area contributed by atoms with E-state index in [0.29, 0.717) is 11.0 Å². The van der Waals surface area contributed by atoms with Gasteiger partial charge in [-0.05, 0) is 32.6 Å². The standard InChI is InChI=1S/C14H17ClN4S/c1-9-17-12(15)8-13(18-9)16-7-6-14-19-10-4-2-3-5-11(10)20-14/h8H,2-7H2,1H3,(H,16,17,18). The Bertz CT molecular complexity index is 567. The summed E-state index contributed by atoms with van der Waals surface area (Å²) in [6.07, 6.45) is 5.89. The molecule has 1 aliphatic carbocycles. The van der Waals surface area contributed by atoms with Crippen molar-refractivity contribution in [2.75, 3.05) is 11.9 Å². The fourth-order valence-corrected chi connectivity index (χ4v) is 3.81. The molecule has 0 radical (unpaired) electrons. The van der Waals surface area contributed by atoms with Crippen LogP contribution in [0.25, 0.3) is 0 Å². The highest BCUT2D eigenvalue weighted by Crippen LogP contribution is 2.26. The molecule has 0 saturated carbocycles. The van der Waals surface area contributed by atoms with Crippen LogP contribution in [0.15, 0.2) is 6.07 Å². The number of hydrogen-bond acceptors (Lipinski definition) is 5. The van der Waals surface area contributed by atoms with E-state index in [1.54, 1.807) is 6.07 Å². The highest BCUT2D eigenvalue weighted by molar-refractivity contribution is 7.11. The molecule has 0 aliphatic heterocycles. The molecule has 20 heavy (non-hydrogen) atoms. The van der Waals surface area contributed by atoms with Gasteiger partial charge in [0.2, 0.25) is 0 Å². The third kappa shape index (κ3) is 3.27. The molecule has 0 fully saturated rings. The molecule has 2 aromatic heterocycles. The molecule has 0 atom stereocenters. The minimum absolute atomic E-state index is 0.477. The normalized spacial score (nSPS) is 14.1. The Morgan fingerprint density at radius 3 is 2.90 bits per heavy atom. The van der Waals surface area contributed by atoms with Gasteiger partial charge >= 0.3 is 0 Å². The molecular weight excluding hydrogens is 292 g/mol. The highest BCUT2D eigenvalue weighted by Gasteiger charge is 2.14. The van der Waals surface area contributed by atoms with Crippen LogP contribution in [0.1, 0.15) is 34.2 Å². The van der Waals surface area contributed by atoms with Crippen LogP contribution in [0.4, 0.5) is 5.82 Å². The topological polar surface area (TPSA) is 50.7 Å². The van der Waals surface area contributed by atoms with Crippen LogP contribution < -0.4 is 5.32 Å². The van der Waals surface area contributed by atoms with Crippen LogP contribution in [0.5, 0.6) is 0 Å². The molecule has 3 rings (SSSR count). The number of halogens is 1. The number of fused-ring (bicyclic) bond motifs is 1. The summed E-state index contributed by atoms with van der Waals surface area (Å²) in [6, 6.07) is 1.75. The molecule has 1 aliphatic rings. The minimum Gasteiger partial charge on any atom is -0.369 e. The molecule has 2 heterocycles. The van der Waals surface area contributed by atoms with E-state index in [0.717, 1.165) is 25.2 Å². The highest BCUT2D eigenvalue weighted by atomic mass is 35.5. The zero-order chi connectivity index (χ0) is 13.9. The van der Waals surface area contributed by atoms with Gasteiger partial charge in [0.15, 0.2) is 0 Å². The number of aryl methyl sites for hydroxylation is 3. The Hall–Kier alpha value is -1.20. The molecule has 2 aromatic rings. The summed E-state index contributed by atoms with van der Waals surface area (Å²) in [5, 5.41) is 4.99. The predicted molar refractivity (Wildman–Crippen MR) is 82.7 cm³/mol. The smallest absolute Gasteiger partial charge is 0.134 e. The monoisotopic (exact) mass is 308 g/mol. The van der Waals surface area contributed by atoms with Crippen LogP contribution in [0, 0.1) is 6.92 Å². The van der Waals surface area contributed by atoms with Crippen molar-refractivity contribution in [2.24, 2.45) is 0 Å². The second kappa shape index (κ2) is 6.06. The van der Waals surface area contributed by atoms with E-state index in [4.69, 9.17) is 16.6 Å². The van der Waals surface area contributed by atoms with E-state index in [2.05, 4.69) is 15.3 Å². The zero-order valence-electron chi connectivity index (χ0n) is 11.4. The van der Waals surface area contributed by atoms with Gasteiger partial charge in [-0.2, -0.15) is 0 Å². The largest absolute Gasteiger partial charge is 0.369 e. The Morgan fingerprint density at radius 2 is 2.10 bits per heavy atom. The minimum atomic E-state index is 0.477. The molecule has 0 amide bonds. The van der Waals surface area contributed by atoms with Gasteiger partial charge in [0, 0.05) is 23.9 Å². The fourth-order valence-electron chi connectivity index (χ4n) is 2.43. The van der Waals surface area contributed by atoms with Gasteiger partial charge in [-0.3, -0.25) is 0 Å². The first-order chi connectivity index (χ1) is 9.70. The van der Waals surface area contributed by atoms with Crippen LogP contribution >= 0.6 is 22.9 Å². The number of nitrogens with one attached hydrogen (secondary N) is 1. The summed E-state index contributed by atoms with van der Waals surface area (Å²) in [4.78, 5) is 14.6. The van der Waals surface area contributed by atoms with Crippen molar-refractivity contribution in [1.82, 2.24) is 15.0 Å². The van der Waals surface area contributed by atoms with Gasteiger partial charge in [-0.25, -0.2) is 15.0 Å². The quantitative estimate of drug-likeness (QED) is 0.879. The van der Waals surface area contributed by atoms with Gasteiger partial charge in [-0.15, -0.1) is 11.3 Å². The summed E-state index contributed by atoms with van der Waals surface area (Å²) in [5.41, 5.74) is 1.33. The molecule has 0 aromatic carbocycles. The van der Waals surface area contributed by atoms with E-state index < -0.39 is 0 Å². The molecule has 0 bridgehead atoms. The summed E-state index contributed by atoms with van der Waals surface area (Å²) in [6.45, 7) is 2.66. The molecule has 0 spiro atoms. The fraction of sp³-hybridized carbons (Fsp3) is 0.500. The predicted octanol–water partition coefficient (Wildman–Crippen LogP) is 3.43. The van der Waals surface area contributed by atoms with Crippen molar-refractivity contribution in [1.29, 1.82) is 0 Å². The lowest BCUT2D eigenvalue weighted by Crippen LogP contribution is -2.07. The van der Waals surface area contributed by atoms with Crippen molar-refractivity contribution in [3.8, 4) is 0 Å². The third-order valence-corrected chi connectivity index (χ3v) is 4.75. The van der Waals surface area contributed by atoms with Gasteiger partial charge in [0.1, 0.15) is 16.8 Å². The van der Waals surface area contributed by atoms with Crippen molar-refractivity contribution < 1.29 is 0 Å². The summed E-state index contributed by atoms with van der Waals surface area (Å²) >= 11 is 7.78. The average molecular weight is 309 g/mol. The number of rotatable bonds is 4. The number of aromatic nitrogens is 3. The molecule has 0 saturated heterocycles. The van der Waals surface area contributed by atoms with E-state index in [1.165, 1.54) is 34.8 Å². The van der Waals surface area contributed by atoms with Crippen molar-refractivity contribution in [3.63, 3.8) is 0 Å². The molecule has 106 valence electrons. The summed E-state index contributed by atoms with van der Waals surface area (Å²) in [5.74, 6) is 1.47. The van der Waals surface area contributed by atoms with E-state index in [1.807, 2.05) is 18.3 Å². The maximum atomic E-state index is 5.91. The van der Waals surface area contributed by atoms with Crippen LogP contribution in [0.3, 0.4) is 0 Å². The first-order valence-electron chi connectivity index (χ1n) is 6.93. The van der Waals surface area contributed by atoms with Crippen LogP contribution in [-0.4, -0.2) is 21.5 Å². The number of hydrogen-bond donors (Lipinski definition) is 1. The van der Waals surface area contributed by atoms with E-state index >= 15 is 0 Å². The van der Waals surface area contributed by atoms with Gasteiger partial charge in [0.25, 0.3) is 0 Å². The Morgan fingerprint density at radius 1 is 1.25 bits per heavy atom. The number of anilines is 1. The van der Waals surface area contributed by atoms with E-state index in [-0.39, 0.29) is 0 Å². The van der Waals surface area contributed by atoms with Crippen molar-refractivity contribution >= 4 is 28.8 Å². The van der Waals surface area contributed by atoms with E-state index in [9.17, 15) is 0 Å². The molecule has 4 nitrogen and oxygen atoms in total. The second-order valence-corrected chi connectivity index (χ2v) is 6.54. The molecule has 6 heteroatoms. The first kappa shape index (κ1) is 13.8. The third-order valence-electron chi connectivity index (χ3n) is 3.34. The van der Waals surface area contributed by atoms with Crippen molar-refractivity contribution in [2.45, 2.75) is 39.0 Å². The average Bonchev–Trinajstić information content (AvgIpc) is 2.80. The Balaban J connectivity index is 1.58.